The van der Waals surface area contributed by atoms with E-state index in [1.807, 2.05) is 11.8 Å². The molecule has 0 aliphatic rings. The molecule has 18 heavy (non-hydrogen) atoms. The minimum Gasteiger partial charge on any atom is -0.368 e. The predicted molar refractivity (Wildman–Crippen MR) is 76.3 cm³/mol. The van der Waals surface area contributed by atoms with Gasteiger partial charge in [-0.1, -0.05) is 6.92 Å². The van der Waals surface area contributed by atoms with Gasteiger partial charge in [0.15, 0.2) is 0 Å². The van der Waals surface area contributed by atoms with Crippen molar-refractivity contribution in [3.8, 4) is 0 Å². The van der Waals surface area contributed by atoms with Gasteiger partial charge in [-0.25, -0.2) is 4.98 Å². The summed E-state index contributed by atoms with van der Waals surface area (Å²) in [4.78, 5) is 14.5. The number of anilines is 1. The number of nitrogens with zero attached hydrogens (tertiary/aromatic N) is 2. The molecule has 1 heterocycles. The van der Waals surface area contributed by atoms with Gasteiger partial charge < -0.3 is 5.32 Å². The van der Waals surface area contributed by atoms with Crippen LogP contribution in [0.1, 0.15) is 26.0 Å². The van der Waals surface area contributed by atoms with Gasteiger partial charge in [0.2, 0.25) is 0 Å². The zero-order valence-electron chi connectivity index (χ0n) is 11.0. The molecule has 0 aliphatic heterocycles. The number of hydrogen-bond acceptors (Lipinski definition) is 5. The van der Waals surface area contributed by atoms with Crippen molar-refractivity contribution in [1.82, 2.24) is 4.98 Å². The molecule has 0 saturated carbocycles. The standard InChI is InChI=1S/C12H19N3O2S/c1-4-18-8-7-9(2)13-12-6-5-11(15(16)17)10(3)14-12/h5-6,9H,4,7-8H2,1-3H3,(H,13,14). The summed E-state index contributed by atoms with van der Waals surface area (Å²) in [5.41, 5.74) is 0.509. The van der Waals surface area contributed by atoms with Crippen molar-refractivity contribution in [3.05, 3.63) is 27.9 Å². The first kappa shape index (κ1) is 14.8. The third-order valence-electron chi connectivity index (χ3n) is 2.55. The molecule has 0 aromatic carbocycles. The molecule has 0 spiro atoms. The van der Waals surface area contributed by atoms with E-state index in [9.17, 15) is 10.1 Å². The van der Waals surface area contributed by atoms with Gasteiger partial charge in [0.25, 0.3) is 5.69 Å². The van der Waals surface area contributed by atoms with Gasteiger partial charge in [0.1, 0.15) is 11.5 Å². The molecule has 0 fully saturated rings. The largest absolute Gasteiger partial charge is 0.368 e. The van der Waals surface area contributed by atoms with Gasteiger partial charge in [-0.3, -0.25) is 10.1 Å². The third kappa shape index (κ3) is 4.52. The van der Waals surface area contributed by atoms with Crippen molar-refractivity contribution in [1.29, 1.82) is 0 Å². The minimum absolute atomic E-state index is 0.0646. The lowest BCUT2D eigenvalue weighted by molar-refractivity contribution is -0.385. The molecular weight excluding hydrogens is 250 g/mol. The molecule has 5 nitrogen and oxygen atoms in total. The monoisotopic (exact) mass is 269 g/mol. The van der Waals surface area contributed by atoms with Crippen LogP contribution in [0.3, 0.4) is 0 Å². The molecule has 1 N–H and O–H groups in total. The Balaban J connectivity index is 2.57. The number of nitrogens with one attached hydrogen (secondary N) is 1. The van der Waals surface area contributed by atoms with Crippen LogP contribution in [0.4, 0.5) is 11.5 Å². The molecule has 1 atom stereocenters. The molecule has 0 amide bonds. The van der Waals surface area contributed by atoms with Crippen LogP contribution in [-0.2, 0) is 0 Å². The van der Waals surface area contributed by atoms with E-state index in [1.165, 1.54) is 6.07 Å². The second-order valence-electron chi connectivity index (χ2n) is 4.09. The predicted octanol–water partition coefficient (Wildman–Crippen LogP) is 3.24. The number of aromatic nitrogens is 1. The molecule has 1 unspecified atom stereocenters. The fourth-order valence-electron chi connectivity index (χ4n) is 1.56. The molecule has 1 aromatic rings. The summed E-state index contributed by atoms with van der Waals surface area (Å²) >= 11 is 1.91. The Morgan fingerprint density at radius 1 is 1.56 bits per heavy atom. The van der Waals surface area contributed by atoms with Gasteiger partial charge in [0.05, 0.1) is 4.92 Å². The highest BCUT2D eigenvalue weighted by Crippen LogP contribution is 2.18. The van der Waals surface area contributed by atoms with Crippen molar-refractivity contribution < 1.29 is 4.92 Å². The van der Waals surface area contributed by atoms with Gasteiger partial charge in [-0.2, -0.15) is 11.8 Å². The first-order chi connectivity index (χ1) is 8.54. The number of rotatable bonds is 7. The van der Waals surface area contributed by atoms with E-state index in [2.05, 4.69) is 24.1 Å². The van der Waals surface area contributed by atoms with Crippen molar-refractivity contribution in [3.63, 3.8) is 0 Å². The molecule has 1 aromatic heterocycles. The van der Waals surface area contributed by atoms with Crippen LogP contribution in [0.2, 0.25) is 0 Å². The van der Waals surface area contributed by atoms with E-state index in [0.717, 1.165) is 17.9 Å². The number of pyridine rings is 1. The lowest BCUT2D eigenvalue weighted by Crippen LogP contribution is -2.17. The Bertz CT molecular complexity index is 412. The second kappa shape index (κ2) is 7.20. The number of hydrogen-bond donors (Lipinski definition) is 1. The maximum Gasteiger partial charge on any atom is 0.290 e. The van der Waals surface area contributed by atoms with Gasteiger partial charge in [-0.05, 0) is 37.8 Å². The average molecular weight is 269 g/mol. The Kier molecular flexibility index (Phi) is 5.91. The highest BCUT2D eigenvalue weighted by atomic mass is 32.2. The molecule has 0 aliphatic carbocycles. The summed E-state index contributed by atoms with van der Waals surface area (Å²) in [5, 5.41) is 13.9. The Hall–Kier alpha value is -1.30. The molecule has 0 radical (unpaired) electrons. The average Bonchev–Trinajstić information content (AvgIpc) is 2.28. The maximum atomic E-state index is 10.7. The van der Waals surface area contributed by atoms with Crippen molar-refractivity contribution in [2.45, 2.75) is 33.2 Å². The van der Waals surface area contributed by atoms with Crippen LogP contribution in [0.25, 0.3) is 0 Å². The smallest absolute Gasteiger partial charge is 0.290 e. The summed E-state index contributed by atoms with van der Waals surface area (Å²) in [6, 6.07) is 3.48. The van der Waals surface area contributed by atoms with E-state index in [0.29, 0.717) is 17.6 Å². The highest BCUT2D eigenvalue weighted by Gasteiger charge is 2.12. The van der Waals surface area contributed by atoms with E-state index in [4.69, 9.17) is 0 Å². The van der Waals surface area contributed by atoms with Crippen LogP contribution >= 0.6 is 11.8 Å². The number of aryl methyl sites for hydroxylation is 1. The Morgan fingerprint density at radius 3 is 2.83 bits per heavy atom. The van der Waals surface area contributed by atoms with Crippen molar-refractivity contribution >= 4 is 23.3 Å². The van der Waals surface area contributed by atoms with Crippen LogP contribution in [-0.4, -0.2) is 27.5 Å². The third-order valence-corrected chi connectivity index (χ3v) is 3.48. The van der Waals surface area contributed by atoms with Gasteiger partial charge >= 0.3 is 0 Å². The lowest BCUT2D eigenvalue weighted by atomic mass is 10.2. The second-order valence-corrected chi connectivity index (χ2v) is 5.48. The highest BCUT2D eigenvalue weighted by molar-refractivity contribution is 7.99. The summed E-state index contributed by atoms with van der Waals surface area (Å²) in [5.74, 6) is 2.94. The summed E-state index contributed by atoms with van der Waals surface area (Å²) in [7, 11) is 0. The van der Waals surface area contributed by atoms with Crippen LogP contribution < -0.4 is 5.32 Å². The molecule has 1 rings (SSSR count). The zero-order chi connectivity index (χ0) is 13.5. The topological polar surface area (TPSA) is 68.1 Å². The molecule has 6 heteroatoms. The molecular formula is C12H19N3O2S. The van der Waals surface area contributed by atoms with E-state index >= 15 is 0 Å². The summed E-state index contributed by atoms with van der Waals surface area (Å²) in [6.07, 6.45) is 1.05. The lowest BCUT2D eigenvalue weighted by Gasteiger charge is -2.14. The van der Waals surface area contributed by atoms with Crippen molar-refractivity contribution in [2.24, 2.45) is 0 Å². The van der Waals surface area contributed by atoms with Gasteiger partial charge in [-0.15, -0.1) is 0 Å². The maximum absolute atomic E-state index is 10.7. The SMILES string of the molecule is CCSCCC(C)Nc1ccc([N+](=O)[O-])c(C)n1. The first-order valence-corrected chi connectivity index (χ1v) is 7.16. The van der Waals surface area contributed by atoms with Crippen LogP contribution in [0, 0.1) is 17.0 Å². The van der Waals surface area contributed by atoms with E-state index < -0.39 is 4.92 Å². The molecule has 0 saturated heterocycles. The fraction of sp³-hybridized carbons (Fsp3) is 0.583. The molecule has 0 bridgehead atoms. The summed E-state index contributed by atoms with van der Waals surface area (Å²) < 4.78 is 0. The minimum atomic E-state index is -0.409. The summed E-state index contributed by atoms with van der Waals surface area (Å²) in [6.45, 7) is 5.89. The van der Waals surface area contributed by atoms with Crippen LogP contribution in [0.5, 0.6) is 0 Å². The fourth-order valence-corrected chi connectivity index (χ4v) is 2.37. The van der Waals surface area contributed by atoms with E-state index in [1.54, 1.807) is 13.0 Å². The Morgan fingerprint density at radius 2 is 2.28 bits per heavy atom. The zero-order valence-corrected chi connectivity index (χ0v) is 11.8. The van der Waals surface area contributed by atoms with Gasteiger partial charge in [0, 0.05) is 12.1 Å². The Labute approximate surface area is 112 Å². The van der Waals surface area contributed by atoms with Crippen molar-refractivity contribution in [2.75, 3.05) is 16.8 Å². The normalized spacial score (nSPS) is 12.2. The first-order valence-electron chi connectivity index (χ1n) is 6.01. The number of nitro groups is 1. The number of thioether (sulfide) groups is 1. The quantitative estimate of drug-likeness (QED) is 0.467. The van der Waals surface area contributed by atoms with E-state index in [-0.39, 0.29) is 5.69 Å². The molecule has 100 valence electrons. The van der Waals surface area contributed by atoms with Crippen LogP contribution in [0.15, 0.2) is 12.1 Å².